The van der Waals surface area contributed by atoms with Crippen molar-refractivity contribution in [2.75, 3.05) is 11.6 Å². The molecule has 0 saturated heterocycles. The van der Waals surface area contributed by atoms with Gasteiger partial charge in [0.2, 0.25) is 5.91 Å². The first-order chi connectivity index (χ1) is 13.1. The van der Waals surface area contributed by atoms with Crippen LogP contribution in [0.25, 0.3) is 11.4 Å². The van der Waals surface area contributed by atoms with Gasteiger partial charge >= 0.3 is 0 Å². The van der Waals surface area contributed by atoms with Crippen LogP contribution in [0.2, 0.25) is 0 Å². The van der Waals surface area contributed by atoms with Crippen molar-refractivity contribution in [2.24, 2.45) is 0 Å². The molecular weight excluding hydrogens is 378 g/mol. The van der Waals surface area contributed by atoms with Crippen LogP contribution in [-0.4, -0.2) is 37.2 Å². The van der Waals surface area contributed by atoms with Gasteiger partial charge < -0.3 is 9.88 Å². The second-order valence-corrected chi connectivity index (χ2v) is 7.89. The molecule has 0 fully saturated rings. The van der Waals surface area contributed by atoms with E-state index in [2.05, 4.69) is 20.5 Å². The van der Waals surface area contributed by atoms with Crippen LogP contribution in [0.5, 0.6) is 0 Å². The molecule has 0 radical (unpaired) electrons. The fraction of sp³-hybridized carbons (Fsp3) is 0.263. The van der Waals surface area contributed by atoms with Crippen molar-refractivity contribution in [3.05, 3.63) is 48.8 Å². The second kappa shape index (κ2) is 9.05. The highest BCUT2D eigenvalue weighted by Crippen LogP contribution is 2.29. The molecule has 2 heterocycles. The molecule has 1 atom stereocenters. The monoisotopic (exact) mass is 399 g/mol. The van der Waals surface area contributed by atoms with E-state index in [-0.39, 0.29) is 11.2 Å². The summed E-state index contributed by atoms with van der Waals surface area (Å²) in [6.07, 6.45) is 5.46. The minimum absolute atomic E-state index is 0.0578. The van der Waals surface area contributed by atoms with E-state index in [0.29, 0.717) is 0 Å². The molecule has 2 aromatic heterocycles. The highest BCUT2D eigenvalue weighted by atomic mass is 32.2. The number of hydrogen-bond donors (Lipinski definition) is 1. The third-order valence-corrected chi connectivity index (χ3v) is 5.86. The number of carbonyl (C=O) groups is 1. The van der Waals surface area contributed by atoms with Gasteiger partial charge in [-0.05, 0) is 44.4 Å². The zero-order valence-electron chi connectivity index (χ0n) is 15.4. The lowest BCUT2D eigenvalue weighted by molar-refractivity contribution is -0.115. The smallest absolute Gasteiger partial charge is 0.237 e. The van der Waals surface area contributed by atoms with Crippen LogP contribution in [0, 0.1) is 0 Å². The Bertz CT molecular complexity index is 913. The normalized spacial score (nSPS) is 12.0. The Hall–Kier alpha value is -2.32. The van der Waals surface area contributed by atoms with E-state index in [9.17, 15) is 4.79 Å². The molecule has 1 aromatic carbocycles. The molecule has 0 spiro atoms. The highest BCUT2D eigenvalue weighted by Gasteiger charge is 2.21. The zero-order valence-corrected chi connectivity index (χ0v) is 17.0. The zero-order chi connectivity index (χ0) is 19.2. The van der Waals surface area contributed by atoms with Crippen molar-refractivity contribution < 1.29 is 4.79 Å². The largest absolute Gasteiger partial charge is 0.324 e. The molecule has 0 bridgehead atoms. The molecule has 0 aliphatic carbocycles. The Balaban J connectivity index is 1.75. The lowest BCUT2D eigenvalue weighted by Gasteiger charge is -2.14. The lowest BCUT2D eigenvalue weighted by Crippen LogP contribution is -2.23. The van der Waals surface area contributed by atoms with Crippen LogP contribution in [0.15, 0.2) is 58.8 Å². The average Bonchev–Trinajstić information content (AvgIpc) is 3.11. The fourth-order valence-corrected chi connectivity index (χ4v) is 4.04. The maximum Gasteiger partial charge on any atom is 0.237 e. The molecule has 27 heavy (non-hydrogen) atoms. The maximum absolute atomic E-state index is 12.7. The van der Waals surface area contributed by atoms with E-state index in [1.54, 1.807) is 24.2 Å². The van der Waals surface area contributed by atoms with Crippen LogP contribution in [0.1, 0.15) is 13.8 Å². The number of nitrogens with one attached hydrogen (secondary N) is 1. The first-order valence-corrected chi connectivity index (χ1v) is 10.7. The van der Waals surface area contributed by atoms with Crippen LogP contribution in [0.4, 0.5) is 5.69 Å². The lowest BCUT2D eigenvalue weighted by atomic mass is 10.2. The number of benzene rings is 1. The van der Waals surface area contributed by atoms with E-state index >= 15 is 0 Å². The van der Waals surface area contributed by atoms with Crippen molar-refractivity contribution >= 4 is 35.1 Å². The van der Waals surface area contributed by atoms with Crippen LogP contribution in [-0.2, 0) is 11.3 Å². The number of anilines is 1. The predicted octanol–water partition coefficient (Wildman–Crippen LogP) is 4.20. The van der Waals surface area contributed by atoms with Crippen LogP contribution >= 0.6 is 23.5 Å². The summed E-state index contributed by atoms with van der Waals surface area (Å²) >= 11 is 3.01. The molecular formula is C19H21N5OS2. The second-order valence-electron chi connectivity index (χ2n) is 5.74. The predicted molar refractivity (Wildman–Crippen MR) is 111 cm³/mol. The molecule has 8 heteroatoms. The standard InChI is InChI=1S/C19H21N5OS2/c1-4-24-17(14-9-11-20-12-10-14)22-23-19(24)27-13(2)18(25)21-15-7-5-6-8-16(15)26-3/h5-13H,4H2,1-3H3,(H,21,25). The molecule has 0 saturated carbocycles. The number of aromatic nitrogens is 4. The average molecular weight is 400 g/mol. The summed E-state index contributed by atoms with van der Waals surface area (Å²) in [6.45, 7) is 4.64. The van der Waals surface area contributed by atoms with Crippen LogP contribution < -0.4 is 5.32 Å². The number of rotatable bonds is 7. The summed E-state index contributed by atoms with van der Waals surface area (Å²) in [5.74, 6) is 0.723. The van der Waals surface area contributed by atoms with Gasteiger partial charge in [0.05, 0.1) is 10.9 Å². The molecule has 1 N–H and O–H groups in total. The number of amides is 1. The van der Waals surface area contributed by atoms with Crippen molar-refractivity contribution in [2.45, 2.75) is 35.7 Å². The van der Waals surface area contributed by atoms with Gasteiger partial charge in [-0.25, -0.2) is 0 Å². The van der Waals surface area contributed by atoms with Crippen molar-refractivity contribution in [1.82, 2.24) is 19.7 Å². The Labute approximate surface area is 167 Å². The van der Waals surface area contributed by atoms with Gasteiger partial charge in [0.1, 0.15) is 0 Å². The van der Waals surface area contributed by atoms with E-state index in [1.807, 2.05) is 61.1 Å². The van der Waals surface area contributed by atoms with Crippen molar-refractivity contribution in [3.8, 4) is 11.4 Å². The van der Waals surface area contributed by atoms with Gasteiger partial charge in [-0.2, -0.15) is 0 Å². The quantitative estimate of drug-likeness (QED) is 0.600. The summed E-state index contributed by atoms with van der Waals surface area (Å²) in [5, 5.41) is 12.0. The number of hydrogen-bond acceptors (Lipinski definition) is 6. The summed E-state index contributed by atoms with van der Waals surface area (Å²) in [7, 11) is 0. The number of pyridine rings is 1. The Morgan fingerprint density at radius 1 is 1.19 bits per heavy atom. The molecule has 1 amide bonds. The van der Waals surface area contributed by atoms with Gasteiger partial charge in [0.25, 0.3) is 0 Å². The number of para-hydroxylation sites is 1. The van der Waals surface area contributed by atoms with Gasteiger partial charge in [-0.3, -0.25) is 9.78 Å². The van der Waals surface area contributed by atoms with E-state index in [4.69, 9.17) is 0 Å². The van der Waals surface area contributed by atoms with Crippen molar-refractivity contribution in [1.29, 1.82) is 0 Å². The molecule has 3 aromatic rings. The molecule has 140 valence electrons. The van der Waals surface area contributed by atoms with E-state index in [0.717, 1.165) is 33.7 Å². The van der Waals surface area contributed by atoms with Crippen LogP contribution in [0.3, 0.4) is 0 Å². The van der Waals surface area contributed by atoms with Gasteiger partial charge in [0, 0.05) is 29.4 Å². The third kappa shape index (κ3) is 4.51. The third-order valence-electron chi connectivity index (χ3n) is 3.99. The van der Waals surface area contributed by atoms with Gasteiger partial charge in [0.15, 0.2) is 11.0 Å². The number of thioether (sulfide) groups is 2. The topological polar surface area (TPSA) is 72.7 Å². The maximum atomic E-state index is 12.7. The number of carbonyl (C=O) groups excluding carboxylic acids is 1. The molecule has 0 aliphatic heterocycles. The summed E-state index contributed by atoms with van der Waals surface area (Å²) in [6, 6.07) is 11.6. The summed E-state index contributed by atoms with van der Waals surface area (Å²) < 4.78 is 2.01. The van der Waals surface area contributed by atoms with E-state index < -0.39 is 0 Å². The molecule has 6 nitrogen and oxygen atoms in total. The Morgan fingerprint density at radius 2 is 1.93 bits per heavy atom. The van der Waals surface area contributed by atoms with Crippen molar-refractivity contribution in [3.63, 3.8) is 0 Å². The highest BCUT2D eigenvalue weighted by molar-refractivity contribution is 8.00. The van der Waals surface area contributed by atoms with Gasteiger partial charge in [-0.15, -0.1) is 22.0 Å². The minimum Gasteiger partial charge on any atom is -0.324 e. The fourth-order valence-electron chi connectivity index (χ4n) is 2.57. The van der Waals surface area contributed by atoms with E-state index in [1.165, 1.54) is 11.8 Å². The first kappa shape index (κ1) is 19.4. The molecule has 0 aliphatic rings. The minimum atomic E-state index is -0.306. The SMILES string of the molecule is CCn1c(SC(C)C(=O)Nc2ccccc2SC)nnc1-c1ccncc1. The summed E-state index contributed by atoms with van der Waals surface area (Å²) in [4.78, 5) is 17.7. The molecule has 1 unspecified atom stereocenters. The summed E-state index contributed by atoms with van der Waals surface area (Å²) in [5.41, 5.74) is 1.79. The first-order valence-electron chi connectivity index (χ1n) is 8.58. The number of nitrogens with zero attached hydrogens (tertiary/aromatic N) is 4. The molecule has 3 rings (SSSR count). The van der Waals surface area contributed by atoms with Gasteiger partial charge in [-0.1, -0.05) is 23.9 Å². The Kier molecular flexibility index (Phi) is 6.52. The Morgan fingerprint density at radius 3 is 2.63 bits per heavy atom.